The van der Waals surface area contributed by atoms with Crippen molar-refractivity contribution in [2.24, 2.45) is 0 Å². The molecule has 4 rings (SSSR count). The highest BCUT2D eigenvalue weighted by atomic mass is 35.5. The number of anilines is 2. The maximum Gasteiger partial charge on any atom is 0.276 e. The Morgan fingerprint density at radius 3 is 2.21 bits per heavy atom. The maximum absolute atomic E-state index is 13.2. The Kier molecular flexibility index (Phi) is 8.63. The third-order valence-electron chi connectivity index (χ3n) is 6.32. The van der Waals surface area contributed by atoms with E-state index in [1.807, 2.05) is 13.8 Å². The molecule has 206 valence electrons. The molecular formula is C27H31ClFN7O3. The van der Waals surface area contributed by atoms with Crippen LogP contribution in [0, 0.1) is 5.82 Å². The van der Waals surface area contributed by atoms with E-state index in [9.17, 15) is 18.8 Å². The van der Waals surface area contributed by atoms with Crippen LogP contribution < -0.4 is 16.0 Å². The van der Waals surface area contributed by atoms with Crippen LogP contribution in [0.4, 0.5) is 15.8 Å². The Balaban J connectivity index is 1.35. The summed E-state index contributed by atoms with van der Waals surface area (Å²) in [5, 5.41) is 8.38. The van der Waals surface area contributed by atoms with Gasteiger partial charge in [-0.2, -0.15) is 0 Å². The number of halogens is 2. The number of imidazole rings is 1. The van der Waals surface area contributed by atoms with Crippen molar-refractivity contribution in [2.75, 3.05) is 50.4 Å². The van der Waals surface area contributed by atoms with Crippen molar-refractivity contribution in [2.45, 2.75) is 19.4 Å². The smallest absolute Gasteiger partial charge is 0.276 e. The van der Waals surface area contributed by atoms with E-state index in [4.69, 9.17) is 11.6 Å². The van der Waals surface area contributed by atoms with E-state index in [2.05, 4.69) is 42.8 Å². The van der Waals surface area contributed by atoms with Crippen LogP contribution >= 0.6 is 11.6 Å². The van der Waals surface area contributed by atoms with Crippen LogP contribution in [0.1, 0.15) is 45.2 Å². The summed E-state index contributed by atoms with van der Waals surface area (Å²) in [7, 11) is 2.09. The monoisotopic (exact) mass is 555 g/mol. The standard InChI is InChI=1S/C27H31ClFN7O3/c1-27(2,15-36-12-10-35(3)11-13-36)34-26(39)23-22(30-16-31-23)25(38)33-19-7-5-18(6-8-19)32-24(37)20-9-4-17(29)14-21(20)28/h4-9,14,16H,10-13,15H2,1-3H3,(H,30,31)(H,32,37)(H,33,38)(H,34,39). The molecule has 1 saturated heterocycles. The number of carbonyl (C=O) groups is 3. The fourth-order valence-corrected chi connectivity index (χ4v) is 4.57. The van der Waals surface area contributed by atoms with Crippen molar-refractivity contribution >= 4 is 40.7 Å². The molecule has 1 aliphatic rings. The number of piperazine rings is 1. The molecule has 2 heterocycles. The van der Waals surface area contributed by atoms with Gasteiger partial charge in [0.05, 0.1) is 16.9 Å². The van der Waals surface area contributed by atoms with E-state index in [0.29, 0.717) is 17.9 Å². The summed E-state index contributed by atoms with van der Waals surface area (Å²) in [6, 6.07) is 9.86. The van der Waals surface area contributed by atoms with Crippen molar-refractivity contribution in [1.82, 2.24) is 25.1 Å². The third-order valence-corrected chi connectivity index (χ3v) is 6.64. The fourth-order valence-electron chi connectivity index (χ4n) is 4.31. The predicted molar refractivity (Wildman–Crippen MR) is 148 cm³/mol. The second kappa shape index (κ2) is 11.9. The van der Waals surface area contributed by atoms with Gasteiger partial charge in [-0.15, -0.1) is 0 Å². The molecule has 4 N–H and O–H groups in total. The largest absolute Gasteiger partial charge is 0.345 e. The Morgan fingerprint density at radius 1 is 0.974 bits per heavy atom. The maximum atomic E-state index is 13.2. The van der Waals surface area contributed by atoms with Gasteiger partial charge in [-0.05, 0) is 63.4 Å². The van der Waals surface area contributed by atoms with Gasteiger partial charge in [0, 0.05) is 49.6 Å². The average Bonchev–Trinajstić information content (AvgIpc) is 3.37. The molecule has 1 aliphatic heterocycles. The summed E-state index contributed by atoms with van der Waals surface area (Å²) in [6.45, 7) is 8.38. The van der Waals surface area contributed by atoms with Gasteiger partial charge in [-0.1, -0.05) is 11.6 Å². The molecule has 0 unspecified atom stereocenters. The summed E-state index contributed by atoms with van der Waals surface area (Å²) >= 11 is 5.95. The minimum atomic E-state index is -0.562. The van der Waals surface area contributed by atoms with Crippen molar-refractivity contribution in [1.29, 1.82) is 0 Å². The van der Waals surface area contributed by atoms with Gasteiger partial charge in [-0.25, -0.2) is 9.37 Å². The van der Waals surface area contributed by atoms with Crippen LogP contribution in [0.25, 0.3) is 0 Å². The molecule has 2 aromatic carbocycles. The summed E-state index contributed by atoms with van der Waals surface area (Å²) in [6.07, 6.45) is 1.30. The molecule has 0 bridgehead atoms. The minimum Gasteiger partial charge on any atom is -0.345 e. The summed E-state index contributed by atoms with van der Waals surface area (Å²) in [4.78, 5) is 49.8. The summed E-state index contributed by atoms with van der Waals surface area (Å²) in [5.74, 6) is -2.02. The Hall–Kier alpha value is -3.80. The molecular weight excluding hydrogens is 525 g/mol. The SMILES string of the molecule is CN1CCN(CC(C)(C)NC(=O)c2[nH]cnc2C(=O)Nc2ccc(NC(=O)c3ccc(F)cc3Cl)cc2)CC1. The molecule has 0 aliphatic carbocycles. The minimum absolute atomic E-state index is 0.00190. The second-order valence-electron chi connectivity index (χ2n) is 10.2. The van der Waals surface area contributed by atoms with Gasteiger partial charge in [0.2, 0.25) is 0 Å². The molecule has 0 radical (unpaired) electrons. The third kappa shape index (κ3) is 7.41. The molecule has 0 spiro atoms. The Morgan fingerprint density at radius 2 is 1.59 bits per heavy atom. The fraction of sp³-hybridized carbons (Fsp3) is 0.333. The van der Waals surface area contributed by atoms with Gasteiger partial charge < -0.3 is 25.8 Å². The van der Waals surface area contributed by atoms with Gasteiger partial charge >= 0.3 is 0 Å². The van der Waals surface area contributed by atoms with Gasteiger partial charge in [-0.3, -0.25) is 19.3 Å². The number of hydrogen-bond donors (Lipinski definition) is 4. The Labute approximate surface area is 230 Å². The lowest BCUT2D eigenvalue weighted by molar-refractivity contribution is 0.0839. The number of aromatic amines is 1. The van der Waals surface area contributed by atoms with E-state index in [0.717, 1.165) is 38.3 Å². The molecule has 1 aromatic heterocycles. The lowest BCUT2D eigenvalue weighted by Crippen LogP contribution is -2.55. The van der Waals surface area contributed by atoms with E-state index < -0.39 is 29.1 Å². The number of nitrogens with zero attached hydrogens (tertiary/aromatic N) is 3. The predicted octanol–water partition coefficient (Wildman–Crippen LogP) is 3.46. The number of hydrogen-bond acceptors (Lipinski definition) is 6. The number of amides is 3. The average molecular weight is 556 g/mol. The molecule has 3 aromatic rings. The van der Waals surface area contributed by atoms with Crippen molar-refractivity contribution < 1.29 is 18.8 Å². The first kappa shape index (κ1) is 28.2. The molecule has 1 fully saturated rings. The van der Waals surface area contributed by atoms with Gasteiger partial charge in [0.25, 0.3) is 17.7 Å². The van der Waals surface area contributed by atoms with Crippen molar-refractivity contribution in [3.63, 3.8) is 0 Å². The zero-order valence-corrected chi connectivity index (χ0v) is 22.7. The van der Waals surface area contributed by atoms with Crippen LogP contribution in [0.5, 0.6) is 0 Å². The van der Waals surface area contributed by atoms with Crippen LogP contribution in [0.15, 0.2) is 48.8 Å². The summed E-state index contributed by atoms with van der Waals surface area (Å²) in [5.41, 5.74) is 0.518. The first-order chi connectivity index (χ1) is 18.5. The van der Waals surface area contributed by atoms with Gasteiger partial charge in [0.1, 0.15) is 11.5 Å². The number of H-pyrrole nitrogens is 1. The number of benzene rings is 2. The summed E-state index contributed by atoms with van der Waals surface area (Å²) < 4.78 is 13.2. The van der Waals surface area contributed by atoms with Crippen LogP contribution in [-0.2, 0) is 0 Å². The molecule has 39 heavy (non-hydrogen) atoms. The first-order valence-electron chi connectivity index (χ1n) is 12.5. The molecule has 12 heteroatoms. The first-order valence-corrected chi connectivity index (χ1v) is 12.8. The van der Waals surface area contributed by atoms with Gasteiger partial charge in [0.15, 0.2) is 5.69 Å². The number of nitrogens with one attached hydrogen (secondary N) is 4. The number of rotatable bonds is 8. The van der Waals surface area contributed by atoms with Crippen LogP contribution in [0.2, 0.25) is 5.02 Å². The molecule has 10 nitrogen and oxygen atoms in total. The molecule has 0 saturated carbocycles. The lowest BCUT2D eigenvalue weighted by Gasteiger charge is -2.38. The lowest BCUT2D eigenvalue weighted by atomic mass is 10.0. The highest BCUT2D eigenvalue weighted by Crippen LogP contribution is 2.20. The van der Waals surface area contributed by atoms with E-state index in [-0.39, 0.29) is 22.0 Å². The quantitative estimate of drug-likeness (QED) is 0.338. The molecule has 3 amide bonds. The van der Waals surface area contributed by atoms with Crippen molar-refractivity contribution in [3.8, 4) is 0 Å². The van der Waals surface area contributed by atoms with E-state index in [1.54, 1.807) is 24.3 Å². The van der Waals surface area contributed by atoms with Crippen LogP contribution in [0.3, 0.4) is 0 Å². The highest BCUT2D eigenvalue weighted by Gasteiger charge is 2.29. The topological polar surface area (TPSA) is 122 Å². The van der Waals surface area contributed by atoms with E-state index in [1.165, 1.54) is 12.4 Å². The zero-order chi connectivity index (χ0) is 28.2. The number of aromatic nitrogens is 2. The molecule has 0 atom stereocenters. The van der Waals surface area contributed by atoms with Crippen LogP contribution in [-0.4, -0.2) is 82.8 Å². The highest BCUT2D eigenvalue weighted by molar-refractivity contribution is 6.34. The second-order valence-corrected chi connectivity index (χ2v) is 10.6. The van der Waals surface area contributed by atoms with Crippen molar-refractivity contribution in [3.05, 3.63) is 76.6 Å². The number of carbonyl (C=O) groups excluding carboxylic acids is 3. The zero-order valence-electron chi connectivity index (χ0n) is 22.0. The number of likely N-dealkylation sites (N-methyl/N-ethyl adjacent to an activating group) is 1. The Bertz CT molecular complexity index is 1350. The van der Waals surface area contributed by atoms with E-state index >= 15 is 0 Å². The normalized spacial score (nSPS) is 14.6.